The molecule has 0 atom stereocenters. The van der Waals surface area contributed by atoms with Crippen molar-refractivity contribution in [2.45, 2.75) is 39.5 Å². The van der Waals surface area contributed by atoms with Gasteiger partial charge in [-0.1, -0.05) is 35.4 Å². The van der Waals surface area contributed by atoms with E-state index in [1.54, 1.807) is 24.3 Å². The summed E-state index contributed by atoms with van der Waals surface area (Å²) < 4.78 is 11.3. The highest BCUT2D eigenvalue weighted by Gasteiger charge is 2.32. The zero-order chi connectivity index (χ0) is 27.9. The van der Waals surface area contributed by atoms with Crippen LogP contribution in [-0.4, -0.2) is 11.9 Å². The van der Waals surface area contributed by atoms with Crippen molar-refractivity contribution in [3.8, 4) is 11.5 Å². The molecule has 1 aliphatic rings. The Morgan fingerprint density at radius 1 is 0.500 bits per heavy atom. The Labute approximate surface area is 235 Å². The van der Waals surface area contributed by atoms with Crippen molar-refractivity contribution in [2.75, 3.05) is 10.6 Å². The lowest BCUT2D eigenvalue weighted by molar-refractivity contribution is -0.145. The number of rotatable bonds is 8. The Kier molecular flexibility index (Phi) is 8.45. The van der Waals surface area contributed by atoms with E-state index in [4.69, 9.17) is 9.47 Å². The summed E-state index contributed by atoms with van der Waals surface area (Å²) in [5.41, 5.74) is 6.24. The van der Waals surface area contributed by atoms with Crippen LogP contribution in [0.2, 0.25) is 0 Å². The monoisotopic (exact) mass is 534 g/mol. The molecule has 6 nitrogen and oxygen atoms in total. The van der Waals surface area contributed by atoms with E-state index in [2.05, 4.69) is 48.7 Å². The summed E-state index contributed by atoms with van der Waals surface area (Å²) in [5, 5.41) is 6.67. The molecule has 0 radical (unpaired) electrons. The van der Waals surface area contributed by atoms with Crippen LogP contribution in [0, 0.1) is 25.7 Å². The van der Waals surface area contributed by atoms with E-state index < -0.39 is 0 Å². The lowest BCUT2D eigenvalue weighted by Crippen LogP contribution is -2.30. The maximum atomic E-state index is 12.8. The molecule has 5 rings (SSSR count). The van der Waals surface area contributed by atoms with Gasteiger partial charge in [0.1, 0.15) is 11.5 Å². The van der Waals surface area contributed by atoms with Gasteiger partial charge in [0.25, 0.3) is 0 Å². The highest BCUT2D eigenvalue weighted by molar-refractivity contribution is 5.78. The molecule has 2 N–H and O–H groups in total. The Morgan fingerprint density at radius 2 is 0.775 bits per heavy atom. The van der Waals surface area contributed by atoms with Crippen LogP contribution in [0.3, 0.4) is 0 Å². The van der Waals surface area contributed by atoms with E-state index in [9.17, 15) is 9.59 Å². The smallest absolute Gasteiger partial charge is 0.314 e. The summed E-state index contributed by atoms with van der Waals surface area (Å²) in [6.07, 6.45) is 2.41. The average Bonchev–Trinajstić information content (AvgIpc) is 2.97. The molecule has 0 bridgehead atoms. The third kappa shape index (κ3) is 7.29. The number of carbonyl (C=O) groups is 2. The summed E-state index contributed by atoms with van der Waals surface area (Å²) in [7, 11) is 0. The number of hydrogen-bond donors (Lipinski definition) is 2. The van der Waals surface area contributed by atoms with E-state index >= 15 is 0 Å². The van der Waals surface area contributed by atoms with Gasteiger partial charge in [0.2, 0.25) is 0 Å². The van der Waals surface area contributed by atoms with Crippen LogP contribution in [0.25, 0.3) is 0 Å². The number of nitrogens with one attached hydrogen (secondary N) is 2. The summed E-state index contributed by atoms with van der Waals surface area (Å²) in [6.45, 7) is 4.10. The first-order chi connectivity index (χ1) is 19.4. The van der Waals surface area contributed by atoms with Gasteiger partial charge in [-0.2, -0.15) is 0 Å². The van der Waals surface area contributed by atoms with Gasteiger partial charge in [0.05, 0.1) is 11.8 Å². The molecule has 0 aliphatic heterocycles. The maximum Gasteiger partial charge on any atom is 0.314 e. The van der Waals surface area contributed by atoms with Gasteiger partial charge in [-0.25, -0.2) is 0 Å². The summed E-state index contributed by atoms with van der Waals surface area (Å²) in [4.78, 5) is 25.5. The van der Waals surface area contributed by atoms with E-state index in [0.29, 0.717) is 37.2 Å². The van der Waals surface area contributed by atoms with Crippen LogP contribution in [0.1, 0.15) is 36.8 Å². The maximum absolute atomic E-state index is 12.8. The van der Waals surface area contributed by atoms with Gasteiger partial charge in [-0.05, 0) is 112 Å². The zero-order valence-corrected chi connectivity index (χ0v) is 22.9. The number of ether oxygens (including phenoxy) is 2. The van der Waals surface area contributed by atoms with E-state index in [0.717, 1.165) is 22.7 Å². The second kappa shape index (κ2) is 12.5. The Balaban J connectivity index is 1.06. The van der Waals surface area contributed by atoms with E-state index in [-0.39, 0.29) is 23.8 Å². The molecular weight excluding hydrogens is 500 g/mol. The molecule has 40 heavy (non-hydrogen) atoms. The third-order valence-electron chi connectivity index (χ3n) is 7.22. The fourth-order valence-electron chi connectivity index (χ4n) is 4.78. The number of hydrogen-bond acceptors (Lipinski definition) is 6. The highest BCUT2D eigenvalue weighted by Crippen LogP contribution is 2.32. The average molecular weight is 535 g/mol. The minimum atomic E-state index is -0.247. The second-order valence-electron chi connectivity index (χ2n) is 10.4. The fourth-order valence-corrected chi connectivity index (χ4v) is 4.78. The van der Waals surface area contributed by atoms with Gasteiger partial charge >= 0.3 is 11.9 Å². The molecular formula is C34H34N2O4. The Morgan fingerprint density at radius 3 is 1.07 bits per heavy atom. The summed E-state index contributed by atoms with van der Waals surface area (Å²) >= 11 is 0. The molecule has 0 saturated heterocycles. The molecule has 1 saturated carbocycles. The van der Waals surface area contributed by atoms with Gasteiger partial charge in [-0.3, -0.25) is 9.59 Å². The quantitative estimate of drug-likeness (QED) is 0.176. The highest BCUT2D eigenvalue weighted by atomic mass is 16.5. The van der Waals surface area contributed by atoms with E-state index in [1.165, 1.54) is 11.1 Å². The van der Waals surface area contributed by atoms with Crippen LogP contribution >= 0.6 is 0 Å². The third-order valence-corrected chi connectivity index (χ3v) is 7.22. The number of carbonyl (C=O) groups excluding carboxylic acids is 2. The molecule has 4 aromatic carbocycles. The largest absolute Gasteiger partial charge is 0.426 e. The number of esters is 2. The SMILES string of the molecule is Cc1ccc(Nc2ccc(OC(=O)C3CCC(C(=O)Oc4ccc(Nc5ccc(C)cc5)cc4)CC3)cc2)cc1. The zero-order valence-electron chi connectivity index (χ0n) is 22.9. The van der Waals surface area contributed by atoms with Crippen molar-refractivity contribution < 1.29 is 19.1 Å². The topological polar surface area (TPSA) is 76.7 Å². The van der Waals surface area contributed by atoms with Gasteiger partial charge in [0.15, 0.2) is 0 Å². The molecule has 1 fully saturated rings. The summed E-state index contributed by atoms with van der Waals surface area (Å²) in [5.74, 6) is 0.0937. The van der Waals surface area contributed by atoms with Gasteiger partial charge in [-0.15, -0.1) is 0 Å². The first-order valence-electron chi connectivity index (χ1n) is 13.7. The predicted molar refractivity (Wildman–Crippen MR) is 159 cm³/mol. The number of aryl methyl sites for hydroxylation is 2. The van der Waals surface area contributed by atoms with Gasteiger partial charge < -0.3 is 20.1 Å². The van der Waals surface area contributed by atoms with Crippen LogP contribution in [-0.2, 0) is 9.59 Å². The first kappa shape index (κ1) is 27.0. The van der Waals surface area contributed by atoms with Crippen molar-refractivity contribution in [2.24, 2.45) is 11.8 Å². The van der Waals surface area contributed by atoms with Crippen LogP contribution in [0.4, 0.5) is 22.7 Å². The molecule has 1 aliphatic carbocycles. The molecule has 0 unspecified atom stereocenters. The first-order valence-corrected chi connectivity index (χ1v) is 13.7. The lowest BCUT2D eigenvalue weighted by atomic mass is 9.82. The van der Waals surface area contributed by atoms with Crippen LogP contribution in [0.15, 0.2) is 97.1 Å². The lowest BCUT2D eigenvalue weighted by Gasteiger charge is -2.25. The molecule has 0 heterocycles. The standard InChI is InChI=1S/C34H34N2O4/c1-23-3-11-27(12-4-23)35-29-15-19-31(20-16-29)39-33(37)25-7-9-26(10-8-25)34(38)40-32-21-17-30(18-22-32)36-28-13-5-24(2)6-14-28/h3-6,11-22,25-26,35-36H,7-10H2,1-2H3. The molecule has 0 spiro atoms. The molecule has 0 amide bonds. The molecule has 4 aromatic rings. The number of benzene rings is 4. The minimum Gasteiger partial charge on any atom is -0.426 e. The normalized spacial score (nSPS) is 16.6. The summed E-state index contributed by atoms with van der Waals surface area (Å²) in [6, 6.07) is 31.0. The number of anilines is 4. The van der Waals surface area contributed by atoms with Crippen molar-refractivity contribution >= 4 is 34.7 Å². The van der Waals surface area contributed by atoms with Crippen molar-refractivity contribution in [3.63, 3.8) is 0 Å². The van der Waals surface area contributed by atoms with E-state index in [1.807, 2.05) is 48.5 Å². The Bertz CT molecular complexity index is 1310. The molecule has 204 valence electrons. The fraction of sp³-hybridized carbons (Fsp3) is 0.235. The van der Waals surface area contributed by atoms with Gasteiger partial charge in [0, 0.05) is 22.7 Å². The van der Waals surface area contributed by atoms with Crippen molar-refractivity contribution in [1.82, 2.24) is 0 Å². The Hall–Kier alpha value is -4.58. The second-order valence-corrected chi connectivity index (χ2v) is 10.4. The van der Waals surface area contributed by atoms with Crippen LogP contribution < -0.4 is 20.1 Å². The molecule has 0 aromatic heterocycles. The van der Waals surface area contributed by atoms with Crippen molar-refractivity contribution in [1.29, 1.82) is 0 Å². The molecule has 6 heteroatoms. The minimum absolute atomic E-state index is 0.221. The predicted octanol–water partition coefficient (Wildman–Crippen LogP) is 8.11. The van der Waals surface area contributed by atoms with Crippen LogP contribution in [0.5, 0.6) is 11.5 Å². The van der Waals surface area contributed by atoms with Crippen molar-refractivity contribution in [3.05, 3.63) is 108 Å².